The van der Waals surface area contributed by atoms with E-state index in [2.05, 4.69) is 16.0 Å². The molecule has 4 amide bonds. The number of hydrogen-bond donors (Lipinski definition) is 3. The molecule has 1 aromatic carbocycles. The fraction of sp³-hybridized carbons (Fsp3) is 0.400. The maximum Gasteiger partial charge on any atom is 0.322 e. The van der Waals surface area contributed by atoms with Crippen LogP contribution in [0, 0.1) is 5.82 Å². The van der Waals surface area contributed by atoms with Crippen molar-refractivity contribution in [1.82, 2.24) is 16.0 Å². The summed E-state index contributed by atoms with van der Waals surface area (Å²) >= 11 is 0. The molecule has 122 valence electrons. The Morgan fingerprint density at radius 2 is 2.26 bits per heavy atom. The molecule has 2 heterocycles. The molecule has 2 aliphatic rings. The Hall–Kier alpha value is -2.64. The molecule has 3 N–H and O–H groups in total. The first kappa shape index (κ1) is 15.3. The lowest BCUT2D eigenvalue weighted by Gasteiger charge is -2.36. The van der Waals surface area contributed by atoms with Crippen molar-refractivity contribution < 1.29 is 23.5 Å². The number of hydrogen-bond acceptors (Lipinski definition) is 4. The summed E-state index contributed by atoms with van der Waals surface area (Å²) in [6, 6.07) is 2.98. The summed E-state index contributed by atoms with van der Waals surface area (Å²) in [6.07, 6.45) is -0.303. The van der Waals surface area contributed by atoms with Gasteiger partial charge in [-0.3, -0.25) is 14.9 Å². The average molecular weight is 321 g/mol. The number of nitrogens with one attached hydrogen (secondary N) is 3. The summed E-state index contributed by atoms with van der Waals surface area (Å²) in [5.74, 6) is -1.36. The summed E-state index contributed by atoms with van der Waals surface area (Å²) in [5, 5.41) is 7.35. The highest BCUT2D eigenvalue weighted by atomic mass is 19.1. The molecule has 0 aromatic heterocycles. The van der Waals surface area contributed by atoms with Crippen LogP contribution in [0.1, 0.15) is 25.3 Å². The first-order chi connectivity index (χ1) is 11.0. The Morgan fingerprint density at radius 3 is 2.91 bits per heavy atom. The van der Waals surface area contributed by atoms with Crippen LogP contribution in [-0.4, -0.2) is 30.5 Å². The van der Waals surface area contributed by atoms with E-state index in [1.165, 1.54) is 12.1 Å². The molecule has 0 saturated carbocycles. The Labute approximate surface area is 131 Å². The number of rotatable bonds is 3. The maximum atomic E-state index is 13.6. The lowest BCUT2D eigenvalue weighted by Crippen LogP contribution is -2.54. The molecule has 8 heteroatoms. The van der Waals surface area contributed by atoms with Crippen molar-refractivity contribution in [2.24, 2.45) is 0 Å². The van der Waals surface area contributed by atoms with Crippen molar-refractivity contribution in [2.45, 2.75) is 31.4 Å². The van der Waals surface area contributed by atoms with E-state index in [9.17, 15) is 18.8 Å². The quantitative estimate of drug-likeness (QED) is 0.708. The minimum Gasteiger partial charge on any atom is -0.480 e. The monoisotopic (exact) mass is 321 g/mol. The van der Waals surface area contributed by atoms with Gasteiger partial charge >= 0.3 is 6.03 Å². The second kappa shape index (κ2) is 5.53. The molecule has 2 unspecified atom stereocenters. The van der Waals surface area contributed by atoms with E-state index < -0.39 is 29.4 Å². The van der Waals surface area contributed by atoms with Crippen molar-refractivity contribution >= 4 is 17.8 Å². The van der Waals surface area contributed by atoms with E-state index in [0.717, 1.165) is 12.5 Å². The summed E-state index contributed by atoms with van der Waals surface area (Å²) < 4.78 is 19.2. The number of carbonyl (C=O) groups excluding carboxylic acids is 3. The number of fused-ring (bicyclic) bond motifs is 2. The second-order valence-electron chi connectivity index (χ2n) is 5.56. The van der Waals surface area contributed by atoms with Gasteiger partial charge in [0.15, 0.2) is 11.6 Å². The van der Waals surface area contributed by atoms with Crippen LogP contribution in [-0.2, 0) is 15.1 Å². The highest BCUT2D eigenvalue weighted by Gasteiger charge is 2.54. The van der Waals surface area contributed by atoms with Crippen molar-refractivity contribution in [3.05, 3.63) is 29.6 Å². The standard InChI is InChI=1S/C15H16FN3O4/c1-2-5-17-12(20)11-7-15(13(21)18-14(22)19-15)9-6-8(16)3-4-10(9)23-11/h3-4,6,11H,2,5,7H2,1H3,(H,17,20)(H2,18,19,21,22). The minimum absolute atomic E-state index is 0.101. The Balaban J connectivity index is 2.01. The summed E-state index contributed by atoms with van der Waals surface area (Å²) in [5.41, 5.74) is -1.29. The predicted octanol–water partition coefficient (Wildman–Crippen LogP) is 0.538. The Morgan fingerprint density at radius 1 is 1.48 bits per heavy atom. The molecule has 23 heavy (non-hydrogen) atoms. The summed E-state index contributed by atoms with van der Waals surface area (Å²) in [6.45, 7) is 2.38. The molecular formula is C15H16FN3O4. The third-order valence-electron chi connectivity index (χ3n) is 3.95. The van der Waals surface area contributed by atoms with Gasteiger partial charge < -0.3 is 15.4 Å². The fourth-order valence-electron chi connectivity index (χ4n) is 2.85. The average Bonchev–Trinajstić information content (AvgIpc) is 2.79. The van der Waals surface area contributed by atoms with Crippen LogP contribution in [0.25, 0.3) is 0 Å². The normalized spacial score (nSPS) is 25.4. The Bertz CT molecular complexity index is 693. The van der Waals surface area contributed by atoms with E-state index in [-0.39, 0.29) is 23.6 Å². The first-order valence-corrected chi connectivity index (χ1v) is 7.34. The van der Waals surface area contributed by atoms with Gasteiger partial charge in [0.2, 0.25) is 0 Å². The molecule has 0 aliphatic carbocycles. The Kier molecular flexibility index (Phi) is 3.67. The van der Waals surface area contributed by atoms with Gasteiger partial charge in [-0.15, -0.1) is 0 Å². The number of ether oxygens (including phenoxy) is 1. The van der Waals surface area contributed by atoms with Gasteiger partial charge in [0, 0.05) is 18.5 Å². The molecule has 2 atom stereocenters. The molecular weight excluding hydrogens is 305 g/mol. The topological polar surface area (TPSA) is 96.5 Å². The largest absolute Gasteiger partial charge is 0.480 e. The highest BCUT2D eigenvalue weighted by molar-refractivity contribution is 6.08. The van der Waals surface area contributed by atoms with Gasteiger partial charge in [-0.05, 0) is 24.6 Å². The molecule has 1 fully saturated rings. The smallest absolute Gasteiger partial charge is 0.322 e. The SMILES string of the molecule is CCCNC(=O)C1CC2(NC(=O)NC2=O)c2cc(F)ccc2O1. The predicted molar refractivity (Wildman–Crippen MR) is 77.1 cm³/mol. The van der Waals surface area contributed by atoms with E-state index in [4.69, 9.17) is 4.74 Å². The third kappa shape index (κ3) is 2.49. The van der Waals surface area contributed by atoms with Crippen molar-refractivity contribution in [3.63, 3.8) is 0 Å². The van der Waals surface area contributed by atoms with Crippen molar-refractivity contribution in [3.8, 4) is 5.75 Å². The third-order valence-corrected chi connectivity index (χ3v) is 3.95. The van der Waals surface area contributed by atoms with Gasteiger partial charge in [-0.2, -0.15) is 0 Å². The van der Waals surface area contributed by atoms with Gasteiger partial charge in [0.1, 0.15) is 11.6 Å². The van der Waals surface area contributed by atoms with E-state index in [1.807, 2.05) is 6.92 Å². The van der Waals surface area contributed by atoms with Crippen LogP contribution in [0.4, 0.5) is 9.18 Å². The number of halogens is 1. The van der Waals surface area contributed by atoms with Crippen LogP contribution >= 0.6 is 0 Å². The summed E-state index contributed by atoms with van der Waals surface area (Å²) in [7, 11) is 0. The minimum atomic E-state index is -1.50. The highest BCUT2D eigenvalue weighted by Crippen LogP contribution is 2.41. The zero-order valence-corrected chi connectivity index (χ0v) is 12.4. The van der Waals surface area contributed by atoms with Gasteiger partial charge in [-0.25, -0.2) is 9.18 Å². The maximum absolute atomic E-state index is 13.6. The molecule has 7 nitrogen and oxygen atoms in total. The summed E-state index contributed by atoms with van der Waals surface area (Å²) in [4.78, 5) is 36.1. The molecule has 1 spiro atoms. The molecule has 2 aliphatic heterocycles. The first-order valence-electron chi connectivity index (χ1n) is 7.34. The number of amides is 4. The fourth-order valence-corrected chi connectivity index (χ4v) is 2.85. The molecule has 1 saturated heterocycles. The van der Waals surface area contributed by atoms with Crippen LogP contribution < -0.4 is 20.7 Å². The zero-order chi connectivity index (χ0) is 16.6. The molecule has 1 aromatic rings. The van der Waals surface area contributed by atoms with Crippen LogP contribution in [0.15, 0.2) is 18.2 Å². The van der Waals surface area contributed by atoms with E-state index in [0.29, 0.717) is 6.54 Å². The molecule has 0 radical (unpaired) electrons. The van der Waals surface area contributed by atoms with Gasteiger partial charge in [-0.1, -0.05) is 6.92 Å². The number of urea groups is 1. The zero-order valence-electron chi connectivity index (χ0n) is 12.4. The molecule has 3 rings (SSSR count). The lowest BCUT2D eigenvalue weighted by atomic mass is 9.81. The van der Waals surface area contributed by atoms with E-state index >= 15 is 0 Å². The van der Waals surface area contributed by atoms with Crippen molar-refractivity contribution in [2.75, 3.05) is 6.54 Å². The van der Waals surface area contributed by atoms with E-state index in [1.54, 1.807) is 0 Å². The molecule has 0 bridgehead atoms. The van der Waals surface area contributed by atoms with Gasteiger partial charge in [0.25, 0.3) is 11.8 Å². The van der Waals surface area contributed by atoms with Crippen LogP contribution in [0.2, 0.25) is 0 Å². The van der Waals surface area contributed by atoms with Gasteiger partial charge in [0.05, 0.1) is 0 Å². The number of carbonyl (C=O) groups is 3. The van der Waals surface area contributed by atoms with Crippen LogP contribution in [0.3, 0.4) is 0 Å². The lowest BCUT2D eigenvalue weighted by molar-refractivity contribution is -0.133. The number of imide groups is 1. The number of benzene rings is 1. The second-order valence-corrected chi connectivity index (χ2v) is 5.56. The van der Waals surface area contributed by atoms with Crippen molar-refractivity contribution in [1.29, 1.82) is 0 Å². The van der Waals surface area contributed by atoms with Crippen LogP contribution in [0.5, 0.6) is 5.75 Å².